The topological polar surface area (TPSA) is 105 Å². The summed E-state index contributed by atoms with van der Waals surface area (Å²) in [4.78, 5) is 17.9. The normalized spacial score (nSPS) is 11.5. The Labute approximate surface area is 158 Å². The van der Waals surface area contributed by atoms with Crippen LogP contribution < -0.4 is 10.5 Å². The van der Waals surface area contributed by atoms with Gasteiger partial charge in [0, 0.05) is 36.7 Å². The van der Waals surface area contributed by atoms with Gasteiger partial charge >= 0.3 is 0 Å². The highest BCUT2D eigenvalue weighted by atomic mass is 79.9. The Hall–Kier alpha value is -1.19. The maximum absolute atomic E-state index is 12.3. The maximum atomic E-state index is 12.3. The molecule has 0 spiro atoms. The van der Waals surface area contributed by atoms with Gasteiger partial charge in [-0.05, 0) is 34.8 Å². The first-order valence-corrected chi connectivity index (χ1v) is 10.8. The second-order valence-electron chi connectivity index (χ2n) is 5.77. The van der Waals surface area contributed by atoms with Gasteiger partial charge in [0.1, 0.15) is 10.7 Å². The van der Waals surface area contributed by atoms with Crippen molar-refractivity contribution in [2.24, 2.45) is 0 Å². The third kappa shape index (κ3) is 7.29. The number of carbonyl (C=O) groups is 1. The zero-order chi connectivity index (χ0) is 18.9. The van der Waals surface area contributed by atoms with Crippen molar-refractivity contribution in [3.63, 3.8) is 0 Å². The summed E-state index contributed by atoms with van der Waals surface area (Å²) in [5, 5.41) is 0. The van der Waals surface area contributed by atoms with Gasteiger partial charge in [-0.25, -0.2) is 18.1 Å². The van der Waals surface area contributed by atoms with Gasteiger partial charge in [-0.1, -0.05) is 26.7 Å². The number of nitrogens with zero attached hydrogens (tertiary/aromatic N) is 2. The first kappa shape index (κ1) is 21.9. The fraction of sp³-hybridized carbons (Fsp3) is 0.625. The van der Waals surface area contributed by atoms with Crippen LogP contribution in [0.3, 0.4) is 0 Å². The number of nitrogens with two attached hydrogens (primary N) is 1. The number of hydrogen-bond acceptors (Lipinski definition) is 5. The molecule has 0 bridgehead atoms. The van der Waals surface area contributed by atoms with Crippen molar-refractivity contribution in [2.75, 3.05) is 25.4 Å². The van der Waals surface area contributed by atoms with Crippen LogP contribution in [0.1, 0.15) is 46.0 Å². The lowest BCUT2D eigenvalue weighted by atomic mass is 10.2. The van der Waals surface area contributed by atoms with Crippen molar-refractivity contribution < 1.29 is 13.2 Å². The number of unbranched alkanes of at least 4 members (excludes halogenated alkanes) is 2. The SMILES string of the molecule is CCCCN(CCCC)C(=O)CCNS(=O)(=O)c1cc(Br)cnc1N. The van der Waals surface area contributed by atoms with E-state index >= 15 is 0 Å². The highest BCUT2D eigenvalue weighted by Crippen LogP contribution is 2.20. The molecular weight excluding hydrogens is 408 g/mol. The summed E-state index contributed by atoms with van der Waals surface area (Å²) in [6, 6.07) is 1.39. The molecule has 3 N–H and O–H groups in total. The molecule has 1 heterocycles. The Morgan fingerprint density at radius 2 is 1.88 bits per heavy atom. The molecular formula is C16H27BrN4O3S. The summed E-state index contributed by atoms with van der Waals surface area (Å²) in [6.45, 7) is 5.61. The zero-order valence-electron chi connectivity index (χ0n) is 14.8. The van der Waals surface area contributed by atoms with Gasteiger partial charge in [-0.2, -0.15) is 0 Å². The number of nitrogen functional groups attached to an aromatic ring is 1. The van der Waals surface area contributed by atoms with E-state index in [0.717, 1.165) is 25.7 Å². The largest absolute Gasteiger partial charge is 0.383 e. The molecule has 1 aromatic rings. The molecule has 7 nitrogen and oxygen atoms in total. The minimum absolute atomic E-state index is 0.0296. The van der Waals surface area contributed by atoms with Crippen LogP contribution in [0.25, 0.3) is 0 Å². The van der Waals surface area contributed by atoms with Gasteiger partial charge < -0.3 is 10.6 Å². The molecule has 0 aliphatic carbocycles. The van der Waals surface area contributed by atoms with E-state index in [-0.39, 0.29) is 29.6 Å². The second-order valence-corrected chi connectivity index (χ2v) is 8.42. The monoisotopic (exact) mass is 434 g/mol. The van der Waals surface area contributed by atoms with E-state index in [1.807, 2.05) is 4.90 Å². The van der Waals surface area contributed by atoms with E-state index in [4.69, 9.17) is 5.73 Å². The van der Waals surface area contributed by atoms with Crippen molar-refractivity contribution in [2.45, 2.75) is 50.8 Å². The molecule has 0 atom stereocenters. The Kier molecular flexibility index (Phi) is 9.37. The maximum Gasteiger partial charge on any atom is 0.244 e. The molecule has 142 valence electrons. The van der Waals surface area contributed by atoms with Gasteiger partial charge in [0.2, 0.25) is 15.9 Å². The van der Waals surface area contributed by atoms with E-state index in [1.165, 1.54) is 12.3 Å². The van der Waals surface area contributed by atoms with Crippen LogP contribution >= 0.6 is 15.9 Å². The lowest BCUT2D eigenvalue weighted by Gasteiger charge is -2.22. The lowest BCUT2D eigenvalue weighted by molar-refractivity contribution is -0.131. The van der Waals surface area contributed by atoms with Crippen molar-refractivity contribution in [1.82, 2.24) is 14.6 Å². The van der Waals surface area contributed by atoms with E-state index in [9.17, 15) is 13.2 Å². The summed E-state index contributed by atoms with van der Waals surface area (Å²) in [5.41, 5.74) is 5.64. The van der Waals surface area contributed by atoms with Crippen molar-refractivity contribution in [3.8, 4) is 0 Å². The third-order valence-corrected chi connectivity index (χ3v) is 5.61. The van der Waals surface area contributed by atoms with Crippen LogP contribution in [0, 0.1) is 0 Å². The Bertz CT molecular complexity index is 659. The number of nitrogens with one attached hydrogen (secondary N) is 1. The predicted molar refractivity (Wildman–Crippen MR) is 103 cm³/mol. The summed E-state index contributed by atoms with van der Waals surface area (Å²) in [6.07, 6.45) is 5.46. The minimum Gasteiger partial charge on any atom is -0.383 e. The molecule has 0 aliphatic rings. The fourth-order valence-corrected chi connectivity index (χ4v) is 3.85. The van der Waals surface area contributed by atoms with Crippen LogP contribution in [0.4, 0.5) is 5.82 Å². The number of anilines is 1. The molecule has 0 fully saturated rings. The summed E-state index contributed by atoms with van der Waals surface area (Å²) in [5.74, 6) is -0.112. The molecule has 0 aliphatic heterocycles. The quantitative estimate of drug-likeness (QED) is 0.556. The highest BCUT2D eigenvalue weighted by Gasteiger charge is 2.20. The van der Waals surface area contributed by atoms with E-state index in [1.54, 1.807) is 0 Å². The second kappa shape index (κ2) is 10.7. The average Bonchev–Trinajstić information content (AvgIpc) is 2.56. The molecule has 1 aromatic heterocycles. The lowest BCUT2D eigenvalue weighted by Crippen LogP contribution is -2.36. The summed E-state index contributed by atoms with van der Waals surface area (Å²) in [7, 11) is -3.81. The van der Waals surface area contributed by atoms with Gasteiger partial charge in [-0.15, -0.1) is 0 Å². The number of carbonyl (C=O) groups excluding carboxylic acids is 1. The first-order valence-electron chi connectivity index (χ1n) is 8.50. The van der Waals surface area contributed by atoms with Gasteiger partial charge in [0.25, 0.3) is 0 Å². The molecule has 9 heteroatoms. The molecule has 1 rings (SSSR count). The van der Waals surface area contributed by atoms with Crippen LogP contribution in [0.2, 0.25) is 0 Å². The number of hydrogen-bond donors (Lipinski definition) is 2. The number of halogens is 1. The molecule has 0 saturated heterocycles. The van der Waals surface area contributed by atoms with Crippen molar-refractivity contribution in [1.29, 1.82) is 0 Å². The standard InChI is InChI=1S/C16H27BrN4O3S/c1-3-5-9-21(10-6-4-2)15(22)7-8-20-25(23,24)14-11-13(17)12-19-16(14)18/h11-12,20H,3-10H2,1-2H3,(H2,18,19). The van der Waals surface area contributed by atoms with Crippen LogP contribution in [0.15, 0.2) is 21.6 Å². The average molecular weight is 435 g/mol. The molecule has 0 unspecified atom stereocenters. The zero-order valence-corrected chi connectivity index (χ0v) is 17.2. The Balaban J connectivity index is 2.64. The van der Waals surface area contributed by atoms with Crippen molar-refractivity contribution >= 4 is 37.7 Å². The van der Waals surface area contributed by atoms with E-state index in [2.05, 4.69) is 39.5 Å². The first-order chi connectivity index (χ1) is 11.8. The molecule has 25 heavy (non-hydrogen) atoms. The third-order valence-electron chi connectivity index (χ3n) is 3.68. The molecule has 0 saturated carbocycles. The minimum atomic E-state index is -3.81. The molecule has 0 aromatic carbocycles. The van der Waals surface area contributed by atoms with Crippen LogP contribution in [-0.4, -0.2) is 43.8 Å². The van der Waals surface area contributed by atoms with E-state index in [0.29, 0.717) is 17.6 Å². The number of pyridine rings is 1. The van der Waals surface area contributed by atoms with Gasteiger partial charge in [0.15, 0.2) is 0 Å². The number of sulfonamides is 1. The number of rotatable bonds is 11. The van der Waals surface area contributed by atoms with Gasteiger partial charge in [-0.3, -0.25) is 4.79 Å². The number of aromatic nitrogens is 1. The number of amides is 1. The molecule has 1 amide bonds. The smallest absolute Gasteiger partial charge is 0.244 e. The van der Waals surface area contributed by atoms with Crippen molar-refractivity contribution in [3.05, 3.63) is 16.7 Å². The predicted octanol–water partition coefficient (Wildman–Crippen LogP) is 2.52. The highest BCUT2D eigenvalue weighted by molar-refractivity contribution is 9.10. The van der Waals surface area contributed by atoms with E-state index < -0.39 is 10.0 Å². The summed E-state index contributed by atoms with van der Waals surface area (Å²) >= 11 is 3.18. The fourth-order valence-electron chi connectivity index (χ4n) is 2.23. The Morgan fingerprint density at radius 1 is 1.28 bits per heavy atom. The Morgan fingerprint density at radius 3 is 2.44 bits per heavy atom. The van der Waals surface area contributed by atoms with Crippen LogP contribution in [-0.2, 0) is 14.8 Å². The summed E-state index contributed by atoms with van der Waals surface area (Å²) < 4.78 is 27.6. The molecule has 0 radical (unpaired) electrons. The van der Waals surface area contributed by atoms with Gasteiger partial charge in [0.05, 0.1) is 0 Å². The van der Waals surface area contributed by atoms with Crippen LogP contribution in [0.5, 0.6) is 0 Å².